The van der Waals surface area contributed by atoms with E-state index in [1.54, 1.807) is 6.33 Å². The van der Waals surface area contributed by atoms with Crippen LogP contribution in [0.15, 0.2) is 54.9 Å². The fourth-order valence-electron chi connectivity index (χ4n) is 2.83. The van der Waals surface area contributed by atoms with Crippen LogP contribution in [0.5, 0.6) is 0 Å². The van der Waals surface area contributed by atoms with Crippen molar-refractivity contribution < 1.29 is 4.79 Å². The Morgan fingerprint density at radius 2 is 1.88 bits per heavy atom. The van der Waals surface area contributed by atoms with Crippen LogP contribution in [0, 0.1) is 5.41 Å². The normalized spacial score (nSPS) is 13.0. The van der Waals surface area contributed by atoms with Gasteiger partial charge < -0.3 is 10.3 Å². The molecule has 0 spiro atoms. The molecule has 124 valence electrons. The van der Waals surface area contributed by atoms with Gasteiger partial charge in [-0.25, -0.2) is 4.98 Å². The van der Waals surface area contributed by atoms with E-state index >= 15 is 0 Å². The maximum Gasteiger partial charge on any atom is 0.221 e. The van der Waals surface area contributed by atoms with Gasteiger partial charge in [0.1, 0.15) is 0 Å². The molecule has 4 heteroatoms. The summed E-state index contributed by atoms with van der Waals surface area (Å²) in [5.41, 5.74) is 3.96. The van der Waals surface area contributed by atoms with Gasteiger partial charge in [0.15, 0.2) is 0 Å². The van der Waals surface area contributed by atoms with Crippen molar-refractivity contribution in [1.82, 2.24) is 15.3 Å². The van der Waals surface area contributed by atoms with Gasteiger partial charge in [-0.15, -0.1) is 0 Å². The zero-order chi connectivity index (χ0) is 17.2. The molecule has 0 saturated heterocycles. The van der Waals surface area contributed by atoms with Crippen LogP contribution in [0.25, 0.3) is 11.0 Å². The second-order valence-electron chi connectivity index (χ2n) is 7.33. The number of hydrogen-bond donors (Lipinski definition) is 2. The Morgan fingerprint density at radius 1 is 1.12 bits per heavy atom. The Labute approximate surface area is 142 Å². The van der Waals surface area contributed by atoms with Gasteiger partial charge in [-0.3, -0.25) is 4.79 Å². The molecule has 3 aromatic rings. The van der Waals surface area contributed by atoms with E-state index in [2.05, 4.69) is 42.1 Å². The summed E-state index contributed by atoms with van der Waals surface area (Å²) in [5, 5.41) is 3.19. The topological polar surface area (TPSA) is 57.8 Å². The summed E-state index contributed by atoms with van der Waals surface area (Å²) in [7, 11) is 0. The molecule has 0 fully saturated rings. The number of aromatic nitrogens is 2. The van der Waals surface area contributed by atoms with Gasteiger partial charge in [0.25, 0.3) is 0 Å². The first-order valence-corrected chi connectivity index (χ1v) is 8.20. The third-order valence-electron chi connectivity index (χ3n) is 3.91. The molecule has 4 nitrogen and oxygen atoms in total. The van der Waals surface area contributed by atoms with Crippen LogP contribution in [0.2, 0.25) is 0 Å². The molecule has 24 heavy (non-hydrogen) atoms. The highest BCUT2D eigenvalue weighted by atomic mass is 16.1. The lowest BCUT2D eigenvalue weighted by Gasteiger charge is -2.23. The molecule has 1 amide bonds. The number of carbonyl (C=O) groups excluding carboxylic acids is 1. The van der Waals surface area contributed by atoms with Crippen LogP contribution in [-0.2, 0) is 4.79 Å². The molecule has 2 aromatic carbocycles. The van der Waals surface area contributed by atoms with E-state index < -0.39 is 0 Å². The minimum atomic E-state index is -0.172. The van der Waals surface area contributed by atoms with E-state index in [9.17, 15) is 4.79 Å². The Morgan fingerprint density at radius 3 is 2.58 bits per heavy atom. The number of imidazole rings is 1. The van der Waals surface area contributed by atoms with Crippen molar-refractivity contribution in [3.8, 4) is 0 Å². The summed E-state index contributed by atoms with van der Waals surface area (Å²) < 4.78 is 0. The zero-order valence-corrected chi connectivity index (χ0v) is 14.3. The number of H-pyrrole nitrogens is 1. The van der Waals surface area contributed by atoms with Crippen LogP contribution >= 0.6 is 0 Å². The second-order valence-corrected chi connectivity index (χ2v) is 7.33. The minimum Gasteiger partial charge on any atom is -0.345 e. The van der Waals surface area contributed by atoms with Gasteiger partial charge in [0, 0.05) is 6.42 Å². The summed E-state index contributed by atoms with van der Waals surface area (Å²) in [4.78, 5) is 19.9. The van der Waals surface area contributed by atoms with E-state index in [4.69, 9.17) is 0 Å². The van der Waals surface area contributed by atoms with Crippen LogP contribution in [0.4, 0.5) is 0 Å². The van der Waals surface area contributed by atoms with E-state index in [0.29, 0.717) is 6.42 Å². The molecule has 0 saturated carbocycles. The van der Waals surface area contributed by atoms with Gasteiger partial charge in [-0.1, -0.05) is 57.2 Å². The van der Waals surface area contributed by atoms with Gasteiger partial charge in [-0.05, 0) is 28.7 Å². The summed E-state index contributed by atoms with van der Waals surface area (Å²) in [6.45, 7) is 6.21. The van der Waals surface area contributed by atoms with E-state index in [1.165, 1.54) is 0 Å². The van der Waals surface area contributed by atoms with Gasteiger partial charge >= 0.3 is 0 Å². The lowest BCUT2D eigenvalue weighted by atomic mass is 9.91. The Hall–Kier alpha value is -2.62. The third-order valence-corrected chi connectivity index (χ3v) is 3.91. The third kappa shape index (κ3) is 3.82. The van der Waals surface area contributed by atoms with Crippen LogP contribution in [-0.4, -0.2) is 15.9 Å². The van der Waals surface area contributed by atoms with Gasteiger partial charge in [0.2, 0.25) is 5.91 Å². The summed E-state index contributed by atoms with van der Waals surface area (Å²) >= 11 is 0. The highest BCUT2D eigenvalue weighted by molar-refractivity contribution is 5.79. The number of fused-ring (bicyclic) bond motifs is 1. The average molecular weight is 321 g/mol. The van der Waals surface area contributed by atoms with Crippen molar-refractivity contribution in [1.29, 1.82) is 0 Å². The van der Waals surface area contributed by atoms with Crippen molar-refractivity contribution in [2.75, 3.05) is 0 Å². The van der Waals surface area contributed by atoms with Gasteiger partial charge in [0.05, 0.1) is 23.4 Å². The molecule has 0 aliphatic heterocycles. The number of amides is 1. The highest BCUT2D eigenvalue weighted by Gasteiger charge is 2.21. The van der Waals surface area contributed by atoms with Crippen molar-refractivity contribution in [2.24, 2.45) is 5.41 Å². The van der Waals surface area contributed by atoms with Crippen molar-refractivity contribution in [3.63, 3.8) is 0 Å². The van der Waals surface area contributed by atoms with E-state index in [0.717, 1.165) is 22.2 Å². The maximum absolute atomic E-state index is 12.5. The standard InChI is InChI=1S/C20H23N3O/c1-20(2,3)12-18(24)23-19(14-7-5-4-6-8-14)15-9-10-16-17(11-15)22-13-21-16/h4-11,13,19H,12H2,1-3H3,(H,21,22)(H,23,24)/t19-/m0/s1. The smallest absolute Gasteiger partial charge is 0.221 e. The minimum absolute atomic E-state index is 0.0430. The first kappa shape index (κ1) is 16.2. The largest absolute Gasteiger partial charge is 0.345 e. The van der Waals surface area contributed by atoms with Crippen LogP contribution < -0.4 is 5.32 Å². The summed E-state index contributed by atoms with van der Waals surface area (Å²) in [5.74, 6) is 0.0565. The van der Waals surface area contributed by atoms with E-state index in [1.807, 2.05) is 42.5 Å². The fraction of sp³-hybridized carbons (Fsp3) is 0.300. The number of nitrogens with zero attached hydrogens (tertiary/aromatic N) is 1. The molecule has 0 radical (unpaired) electrons. The molecule has 1 atom stereocenters. The number of benzene rings is 2. The molecular formula is C20H23N3O. The zero-order valence-electron chi connectivity index (χ0n) is 14.3. The summed E-state index contributed by atoms with van der Waals surface area (Å²) in [6, 6.07) is 15.9. The number of rotatable bonds is 4. The van der Waals surface area contributed by atoms with Crippen LogP contribution in [0.3, 0.4) is 0 Å². The predicted molar refractivity (Wildman–Crippen MR) is 96.6 cm³/mol. The number of aromatic amines is 1. The molecule has 3 rings (SSSR count). The molecule has 2 N–H and O–H groups in total. The molecular weight excluding hydrogens is 298 g/mol. The lowest BCUT2D eigenvalue weighted by Crippen LogP contribution is -2.32. The molecule has 0 aliphatic carbocycles. The Balaban J connectivity index is 1.94. The van der Waals surface area contributed by atoms with Gasteiger partial charge in [-0.2, -0.15) is 0 Å². The quantitative estimate of drug-likeness (QED) is 0.756. The fourth-order valence-corrected chi connectivity index (χ4v) is 2.83. The molecule has 0 bridgehead atoms. The number of hydrogen-bond acceptors (Lipinski definition) is 2. The average Bonchev–Trinajstić information content (AvgIpc) is 2.99. The van der Waals surface area contributed by atoms with E-state index in [-0.39, 0.29) is 17.4 Å². The monoisotopic (exact) mass is 321 g/mol. The van der Waals surface area contributed by atoms with Crippen molar-refractivity contribution in [2.45, 2.75) is 33.2 Å². The highest BCUT2D eigenvalue weighted by Crippen LogP contribution is 2.26. The first-order valence-electron chi connectivity index (χ1n) is 8.20. The maximum atomic E-state index is 12.5. The predicted octanol–water partition coefficient (Wildman–Crippen LogP) is 4.20. The molecule has 0 unspecified atom stereocenters. The molecule has 1 aromatic heterocycles. The first-order chi connectivity index (χ1) is 11.4. The summed E-state index contributed by atoms with van der Waals surface area (Å²) in [6.07, 6.45) is 2.17. The SMILES string of the molecule is CC(C)(C)CC(=O)N[C@@H](c1ccccc1)c1ccc2nc[nH]c2c1. The lowest BCUT2D eigenvalue weighted by molar-refractivity contribution is -0.123. The van der Waals surface area contributed by atoms with Crippen LogP contribution in [0.1, 0.15) is 44.4 Å². The second kappa shape index (κ2) is 6.48. The molecule has 1 heterocycles. The number of nitrogens with one attached hydrogen (secondary N) is 2. The van der Waals surface area contributed by atoms with Crippen molar-refractivity contribution in [3.05, 3.63) is 66.0 Å². The Bertz CT molecular complexity index is 831. The van der Waals surface area contributed by atoms with Crippen molar-refractivity contribution >= 4 is 16.9 Å². The number of carbonyl (C=O) groups is 1. The Kier molecular flexibility index (Phi) is 4.38. The molecule has 0 aliphatic rings.